The fourth-order valence-corrected chi connectivity index (χ4v) is 10.1. The molecule has 0 heterocycles. The number of carbonyl (C=O) groups excluding carboxylic acids is 6. The summed E-state index contributed by atoms with van der Waals surface area (Å²) in [6, 6.07) is 0. The van der Waals surface area contributed by atoms with Crippen LogP contribution in [0.2, 0.25) is 0 Å². The van der Waals surface area contributed by atoms with Gasteiger partial charge in [0.15, 0.2) is 0 Å². The van der Waals surface area contributed by atoms with Crippen molar-refractivity contribution in [2.75, 3.05) is 0 Å². The van der Waals surface area contributed by atoms with Gasteiger partial charge < -0.3 is 14.0 Å². The summed E-state index contributed by atoms with van der Waals surface area (Å²) in [5, 5.41) is 0. The zero-order valence-electron chi connectivity index (χ0n) is 51.1. The summed E-state index contributed by atoms with van der Waals surface area (Å²) in [4.78, 5) is 74.3. The van der Waals surface area contributed by atoms with Crippen LogP contribution < -0.4 is 0 Å². The van der Waals surface area contributed by atoms with Gasteiger partial charge in [-0.1, -0.05) is 101 Å². The standard InChI is InChI=1S/C30H57BO6.3C10H20O2.Sb/c1-28(2,3)22-16-10-13-19-25(32)35-31(36-26(33)20-14-11-17-23-29(4,5)6)37-27(34)21-15-12-18-24-30(7,8)9;3*1-10(2,3)8-6-4-5-7-9(11)12;/h10-24H2,1-9H3;3*4-8H2,1-3H3,(H,11,12);/q;;;;+3/p-3. The zero-order valence-corrected chi connectivity index (χ0v) is 53.7. The normalized spacial score (nSPS) is 12.4. The SMILES string of the molecule is CC(C)(C)CCCCCC(=O)OB(OC(=O)CCCCCC(C)(C)C)OC(=O)CCCCCC(C)(C)C.CC(C)(C)CCCCCC(=O)[O][Sb]([O]C(=O)CCCCCC(C)(C)C)[O]C(=O)CCCCCC(C)(C)C. The fraction of sp³-hybridized carbons (Fsp3) is 0.900. The van der Waals surface area contributed by atoms with E-state index in [0.717, 1.165) is 116 Å². The quantitative estimate of drug-likeness (QED) is 0.0432. The van der Waals surface area contributed by atoms with Gasteiger partial charge in [0.25, 0.3) is 17.9 Å². The molecule has 0 saturated carbocycles. The third-order valence-electron chi connectivity index (χ3n) is 12.1. The molecule has 12 nitrogen and oxygen atoms in total. The Bertz CT molecular complexity index is 1240. The van der Waals surface area contributed by atoms with Crippen molar-refractivity contribution in [1.82, 2.24) is 0 Å². The Morgan fingerprint density at radius 2 is 0.419 bits per heavy atom. The van der Waals surface area contributed by atoms with Crippen LogP contribution in [0.3, 0.4) is 0 Å². The van der Waals surface area contributed by atoms with E-state index in [0.29, 0.717) is 38.5 Å². The van der Waals surface area contributed by atoms with Gasteiger partial charge in [0, 0.05) is 19.3 Å². The number of hydrogen-bond acceptors (Lipinski definition) is 12. The average molecular weight is 1160 g/mol. The second kappa shape index (κ2) is 39.1. The van der Waals surface area contributed by atoms with Crippen LogP contribution in [-0.2, 0) is 51.8 Å². The van der Waals surface area contributed by atoms with E-state index < -0.39 is 64.6 Å². The van der Waals surface area contributed by atoms with Gasteiger partial charge in [-0.05, 0) is 54.8 Å². The Labute approximate surface area is 463 Å². The molecule has 74 heavy (non-hydrogen) atoms. The van der Waals surface area contributed by atoms with Crippen molar-refractivity contribution in [3.05, 3.63) is 0 Å². The molecular formula is C60H114BO12Sb. The molecule has 0 aromatic heterocycles. The second-order valence-corrected chi connectivity index (χ2v) is 30.9. The fourth-order valence-electron chi connectivity index (χ4n) is 7.62. The summed E-state index contributed by atoms with van der Waals surface area (Å²) in [6.07, 6.45) is 24.0. The molecule has 14 heteroatoms. The molecule has 0 aromatic carbocycles. The van der Waals surface area contributed by atoms with Gasteiger partial charge in [-0.2, -0.15) is 0 Å². The van der Waals surface area contributed by atoms with Gasteiger partial charge in [-0.25, -0.2) is 0 Å². The molecule has 0 fully saturated rings. The molecule has 0 aliphatic carbocycles. The number of rotatable bonds is 36. The van der Waals surface area contributed by atoms with Crippen LogP contribution >= 0.6 is 0 Å². The molecule has 0 N–H and O–H groups in total. The number of carbonyl (C=O) groups is 6. The minimum atomic E-state index is -3.73. The summed E-state index contributed by atoms with van der Waals surface area (Å²) in [5.41, 5.74) is 1.66. The Morgan fingerprint density at radius 3 is 0.581 bits per heavy atom. The number of hydrogen-bond donors (Lipinski definition) is 0. The van der Waals surface area contributed by atoms with Gasteiger partial charge in [0.2, 0.25) is 0 Å². The third kappa shape index (κ3) is 57.4. The van der Waals surface area contributed by atoms with Crippen LogP contribution in [0.25, 0.3) is 0 Å². The average Bonchev–Trinajstić information content (AvgIpc) is 3.20. The van der Waals surface area contributed by atoms with Crippen molar-refractivity contribution in [1.29, 1.82) is 0 Å². The van der Waals surface area contributed by atoms with Gasteiger partial charge >= 0.3 is 245 Å². The first-order valence-corrected chi connectivity index (χ1v) is 32.1. The van der Waals surface area contributed by atoms with Crippen LogP contribution in [0.15, 0.2) is 0 Å². The summed E-state index contributed by atoms with van der Waals surface area (Å²) >= 11 is -3.73. The monoisotopic (exact) mass is 1160 g/mol. The van der Waals surface area contributed by atoms with Crippen molar-refractivity contribution >= 4 is 64.6 Å². The maximum atomic E-state index is 12.4. The topological polar surface area (TPSA) is 158 Å². The molecule has 0 rings (SSSR count). The second-order valence-electron chi connectivity index (χ2n) is 28.1. The van der Waals surface area contributed by atoms with Gasteiger partial charge in [0.05, 0.1) is 0 Å². The van der Waals surface area contributed by atoms with Crippen LogP contribution in [0.1, 0.15) is 317 Å². The third-order valence-corrected chi connectivity index (χ3v) is 15.1. The van der Waals surface area contributed by atoms with Crippen molar-refractivity contribution in [2.45, 2.75) is 317 Å². The number of unbranched alkanes of at least 4 members (excludes halogenated alkanes) is 12. The molecule has 0 atom stereocenters. The Morgan fingerprint density at radius 1 is 0.257 bits per heavy atom. The summed E-state index contributed by atoms with van der Waals surface area (Å²) in [7, 11) is -1.61. The maximum absolute atomic E-state index is 12.4. The van der Waals surface area contributed by atoms with E-state index in [9.17, 15) is 28.8 Å². The molecule has 434 valence electrons. The Hall–Kier alpha value is -2.30. The zero-order chi connectivity index (χ0) is 57.1. The minimum absolute atomic E-state index is 0.204. The van der Waals surface area contributed by atoms with Gasteiger partial charge in [0.1, 0.15) is 0 Å². The molecule has 0 aliphatic heterocycles. The predicted molar refractivity (Wildman–Crippen MR) is 303 cm³/mol. The van der Waals surface area contributed by atoms with Crippen molar-refractivity contribution < 1.29 is 51.8 Å². The van der Waals surface area contributed by atoms with E-state index in [1.165, 1.54) is 0 Å². The first-order valence-electron chi connectivity index (χ1n) is 28.9. The van der Waals surface area contributed by atoms with E-state index in [-0.39, 0.29) is 71.0 Å². The first kappa shape index (κ1) is 73.8. The van der Waals surface area contributed by atoms with Crippen molar-refractivity contribution in [3.63, 3.8) is 0 Å². The Balaban J connectivity index is 0. The molecule has 0 saturated heterocycles. The molecule has 0 spiro atoms. The van der Waals surface area contributed by atoms with E-state index in [4.69, 9.17) is 23.0 Å². The van der Waals surface area contributed by atoms with Crippen molar-refractivity contribution in [2.24, 2.45) is 32.5 Å². The van der Waals surface area contributed by atoms with Crippen LogP contribution in [0.5, 0.6) is 0 Å². The predicted octanol–water partition coefficient (Wildman–Crippen LogP) is 17.2. The molecule has 0 unspecified atom stereocenters. The van der Waals surface area contributed by atoms with E-state index >= 15 is 0 Å². The molecule has 0 aromatic rings. The van der Waals surface area contributed by atoms with E-state index in [1.807, 2.05) is 0 Å². The summed E-state index contributed by atoms with van der Waals surface area (Å²) in [6.45, 7) is 39.6. The Kier molecular flexibility index (Phi) is 39.0. The van der Waals surface area contributed by atoms with Crippen LogP contribution in [0.4, 0.5) is 0 Å². The summed E-state index contributed by atoms with van der Waals surface area (Å²) < 4.78 is 32.1. The molecular weight excluding hydrogens is 1050 g/mol. The van der Waals surface area contributed by atoms with Gasteiger partial charge in [-0.3, -0.25) is 14.4 Å². The summed E-state index contributed by atoms with van der Waals surface area (Å²) in [5.74, 6) is -2.86. The van der Waals surface area contributed by atoms with E-state index in [2.05, 4.69) is 125 Å². The molecule has 0 amide bonds. The molecule has 0 aliphatic rings. The van der Waals surface area contributed by atoms with Gasteiger partial charge in [-0.15, -0.1) is 0 Å². The van der Waals surface area contributed by atoms with E-state index in [1.54, 1.807) is 0 Å². The first-order chi connectivity index (χ1) is 33.9. The van der Waals surface area contributed by atoms with Crippen molar-refractivity contribution in [3.8, 4) is 0 Å². The van der Waals surface area contributed by atoms with Crippen LogP contribution in [0, 0.1) is 32.5 Å². The van der Waals surface area contributed by atoms with Crippen LogP contribution in [-0.4, -0.2) is 64.6 Å². The molecule has 0 radical (unpaired) electrons. The molecule has 0 bridgehead atoms.